The average molecular weight is 323 g/mol. The Morgan fingerprint density at radius 3 is 2.81 bits per heavy atom. The summed E-state index contributed by atoms with van der Waals surface area (Å²) >= 11 is 7.43. The number of hydrogen-bond acceptors (Lipinski definition) is 5. The van der Waals surface area contributed by atoms with E-state index in [1.54, 1.807) is 17.4 Å². The maximum absolute atomic E-state index is 13.4. The first-order valence-electron chi connectivity index (χ1n) is 6.34. The van der Waals surface area contributed by atoms with Crippen LogP contribution in [0.2, 0.25) is 5.02 Å². The number of nitrogens with zero attached hydrogens (tertiary/aromatic N) is 2. The van der Waals surface area contributed by atoms with Crippen molar-refractivity contribution >= 4 is 50.6 Å². The van der Waals surface area contributed by atoms with E-state index in [0.717, 1.165) is 16.6 Å². The van der Waals surface area contributed by atoms with Gasteiger partial charge in [0.2, 0.25) is 5.95 Å². The predicted octanol–water partition coefficient (Wildman–Crippen LogP) is 4.37. The summed E-state index contributed by atoms with van der Waals surface area (Å²) in [6.07, 6.45) is 0.909. The van der Waals surface area contributed by atoms with Crippen molar-refractivity contribution in [1.29, 1.82) is 0 Å². The number of halogens is 2. The Balaban J connectivity index is 2.08. The van der Waals surface area contributed by atoms with Gasteiger partial charge in [0.15, 0.2) is 0 Å². The Hall–Kier alpha value is -1.92. The zero-order valence-corrected chi connectivity index (χ0v) is 12.7. The lowest BCUT2D eigenvalue weighted by molar-refractivity contribution is 0.628. The fourth-order valence-corrected chi connectivity index (χ4v) is 3.22. The van der Waals surface area contributed by atoms with E-state index < -0.39 is 5.82 Å². The Kier molecular flexibility index (Phi) is 3.65. The Labute approximate surface area is 129 Å². The third-order valence-electron chi connectivity index (χ3n) is 2.93. The summed E-state index contributed by atoms with van der Waals surface area (Å²) in [5.74, 6) is 0.315. The van der Waals surface area contributed by atoms with Crippen molar-refractivity contribution < 1.29 is 4.39 Å². The van der Waals surface area contributed by atoms with Gasteiger partial charge in [-0.05, 0) is 30.7 Å². The van der Waals surface area contributed by atoms with Gasteiger partial charge in [0.25, 0.3) is 0 Å². The van der Waals surface area contributed by atoms with Crippen molar-refractivity contribution in [3.05, 3.63) is 40.0 Å². The Bertz CT molecular complexity index is 798. The van der Waals surface area contributed by atoms with Gasteiger partial charge in [0.05, 0.1) is 5.39 Å². The summed E-state index contributed by atoms with van der Waals surface area (Å²) in [4.78, 5) is 10.4. The van der Waals surface area contributed by atoms with Gasteiger partial charge in [0, 0.05) is 15.6 Å². The minimum atomic E-state index is -0.414. The van der Waals surface area contributed by atoms with Crippen molar-refractivity contribution in [3.8, 4) is 0 Å². The average Bonchev–Trinajstić information content (AvgIpc) is 2.80. The molecule has 21 heavy (non-hydrogen) atoms. The number of nitrogens with two attached hydrogens (primary N) is 1. The van der Waals surface area contributed by atoms with E-state index in [1.807, 2.05) is 6.07 Å². The number of benzene rings is 1. The smallest absolute Gasteiger partial charge is 0.223 e. The minimum absolute atomic E-state index is 0.178. The van der Waals surface area contributed by atoms with E-state index in [2.05, 4.69) is 22.2 Å². The van der Waals surface area contributed by atoms with Crippen LogP contribution in [0.3, 0.4) is 0 Å². The van der Waals surface area contributed by atoms with Gasteiger partial charge in [-0.15, -0.1) is 11.3 Å². The van der Waals surface area contributed by atoms with Crippen LogP contribution in [0.1, 0.15) is 11.8 Å². The SMILES string of the molecule is CCc1cc2c(Nc3cc(F)cc(Cl)c3)nc(N)nc2s1. The monoisotopic (exact) mass is 322 g/mol. The van der Waals surface area contributed by atoms with E-state index in [9.17, 15) is 4.39 Å². The normalized spacial score (nSPS) is 11.0. The van der Waals surface area contributed by atoms with Crippen LogP contribution in [0, 0.1) is 5.82 Å². The molecular formula is C14H12ClFN4S. The third-order valence-corrected chi connectivity index (χ3v) is 4.33. The molecule has 0 radical (unpaired) electrons. The lowest BCUT2D eigenvalue weighted by Crippen LogP contribution is -2.00. The van der Waals surface area contributed by atoms with Crippen LogP contribution in [0.4, 0.5) is 21.8 Å². The molecule has 2 heterocycles. The highest BCUT2D eigenvalue weighted by Crippen LogP contribution is 2.32. The molecule has 0 atom stereocenters. The van der Waals surface area contributed by atoms with Gasteiger partial charge < -0.3 is 11.1 Å². The fraction of sp³-hybridized carbons (Fsp3) is 0.143. The maximum atomic E-state index is 13.4. The van der Waals surface area contributed by atoms with Gasteiger partial charge >= 0.3 is 0 Å². The van der Waals surface area contributed by atoms with E-state index in [-0.39, 0.29) is 5.95 Å². The molecule has 2 aromatic heterocycles. The number of fused-ring (bicyclic) bond motifs is 1. The number of thiophene rings is 1. The van der Waals surface area contributed by atoms with Gasteiger partial charge in [0.1, 0.15) is 16.5 Å². The highest BCUT2D eigenvalue weighted by Gasteiger charge is 2.11. The van der Waals surface area contributed by atoms with Gasteiger partial charge in [-0.3, -0.25) is 0 Å². The molecule has 3 N–H and O–H groups in total. The number of aryl methyl sites for hydroxylation is 1. The van der Waals surface area contributed by atoms with Crippen LogP contribution in [0.15, 0.2) is 24.3 Å². The molecule has 3 rings (SSSR count). The van der Waals surface area contributed by atoms with E-state index >= 15 is 0 Å². The molecule has 0 bridgehead atoms. The Morgan fingerprint density at radius 2 is 2.10 bits per heavy atom. The van der Waals surface area contributed by atoms with Crippen molar-refractivity contribution in [2.75, 3.05) is 11.1 Å². The van der Waals surface area contributed by atoms with Crippen molar-refractivity contribution in [1.82, 2.24) is 9.97 Å². The van der Waals surface area contributed by atoms with Gasteiger partial charge in [-0.1, -0.05) is 18.5 Å². The molecule has 4 nitrogen and oxygen atoms in total. The number of hydrogen-bond donors (Lipinski definition) is 2. The van der Waals surface area contributed by atoms with Crippen molar-refractivity contribution in [2.24, 2.45) is 0 Å². The summed E-state index contributed by atoms with van der Waals surface area (Å²) in [5.41, 5.74) is 6.25. The lowest BCUT2D eigenvalue weighted by Gasteiger charge is -2.08. The first kappa shape index (κ1) is 14.0. The molecule has 0 spiro atoms. The van der Waals surface area contributed by atoms with Crippen molar-refractivity contribution in [2.45, 2.75) is 13.3 Å². The highest BCUT2D eigenvalue weighted by molar-refractivity contribution is 7.18. The molecule has 0 aliphatic rings. The number of rotatable bonds is 3. The molecule has 0 saturated carbocycles. The number of nitrogen functional groups attached to an aromatic ring is 1. The molecule has 1 aromatic carbocycles. The molecule has 0 aliphatic carbocycles. The van der Waals surface area contributed by atoms with Crippen LogP contribution < -0.4 is 11.1 Å². The molecule has 0 amide bonds. The molecular weight excluding hydrogens is 311 g/mol. The van der Waals surface area contributed by atoms with Crippen molar-refractivity contribution in [3.63, 3.8) is 0 Å². The highest BCUT2D eigenvalue weighted by atomic mass is 35.5. The van der Waals surface area contributed by atoms with E-state index in [1.165, 1.54) is 17.0 Å². The molecule has 3 aromatic rings. The fourth-order valence-electron chi connectivity index (χ4n) is 2.02. The second-order valence-electron chi connectivity index (χ2n) is 4.50. The summed E-state index contributed by atoms with van der Waals surface area (Å²) in [6, 6.07) is 6.24. The predicted molar refractivity (Wildman–Crippen MR) is 85.9 cm³/mol. The molecule has 7 heteroatoms. The largest absolute Gasteiger partial charge is 0.368 e. The Morgan fingerprint density at radius 1 is 1.29 bits per heavy atom. The summed E-state index contributed by atoms with van der Waals surface area (Å²) < 4.78 is 13.4. The molecule has 108 valence electrons. The number of nitrogens with one attached hydrogen (secondary N) is 1. The first-order valence-corrected chi connectivity index (χ1v) is 7.53. The summed E-state index contributed by atoms with van der Waals surface area (Å²) in [5, 5.41) is 4.24. The zero-order valence-electron chi connectivity index (χ0n) is 11.2. The van der Waals surface area contributed by atoms with E-state index in [4.69, 9.17) is 17.3 Å². The van der Waals surface area contributed by atoms with Crippen LogP contribution in [0.5, 0.6) is 0 Å². The zero-order chi connectivity index (χ0) is 15.0. The summed E-state index contributed by atoms with van der Waals surface area (Å²) in [6.45, 7) is 2.07. The second kappa shape index (κ2) is 5.46. The maximum Gasteiger partial charge on any atom is 0.223 e. The molecule has 0 saturated heterocycles. The van der Waals surface area contributed by atoms with Crippen LogP contribution in [0.25, 0.3) is 10.2 Å². The van der Waals surface area contributed by atoms with Crippen LogP contribution in [-0.4, -0.2) is 9.97 Å². The molecule has 0 aliphatic heterocycles. The lowest BCUT2D eigenvalue weighted by atomic mass is 10.2. The first-order chi connectivity index (χ1) is 10.0. The topological polar surface area (TPSA) is 63.8 Å². The second-order valence-corrected chi connectivity index (χ2v) is 6.05. The van der Waals surface area contributed by atoms with Gasteiger partial charge in [-0.2, -0.15) is 4.98 Å². The third kappa shape index (κ3) is 2.91. The molecule has 0 fully saturated rings. The van der Waals surface area contributed by atoms with Gasteiger partial charge in [-0.25, -0.2) is 9.37 Å². The quantitative estimate of drug-likeness (QED) is 0.751. The van der Waals surface area contributed by atoms with Crippen LogP contribution in [-0.2, 0) is 6.42 Å². The number of anilines is 3. The summed E-state index contributed by atoms with van der Waals surface area (Å²) in [7, 11) is 0. The molecule has 0 unspecified atom stereocenters. The van der Waals surface area contributed by atoms with Crippen LogP contribution >= 0.6 is 22.9 Å². The number of aromatic nitrogens is 2. The standard InChI is InChI=1S/C14H12ClFN4S/c1-2-10-6-11-12(19-14(17)20-13(11)21-10)18-9-4-7(15)3-8(16)5-9/h3-6H,2H2,1H3,(H3,17,18,19,20). The minimum Gasteiger partial charge on any atom is -0.368 e. The van der Waals surface area contributed by atoms with E-state index in [0.29, 0.717) is 16.5 Å².